The molecule has 2 aliphatic rings. The summed E-state index contributed by atoms with van der Waals surface area (Å²) in [4.78, 5) is 2.70. The fourth-order valence-corrected chi connectivity index (χ4v) is 3.88. The summed E-state index contributed by atoms with van der Waals surface area (Å²) in [7, 11) is 0. The molecule has 21 heavy (non-hydrogen) atoms. The average molecular weight is 296 g/mol. The Labute approximate surface area is 131 Å². The second kappa shape index (κ2) is 7.43. The highest BCUT2D eigenvalue weighted by atomic mass is 16.5. The van der Waals surface area contributed by atoms with E-state index in [2.05, 4.69) is 37.9 Å². The Hall–Kier alpha value is -0.120. The zero-order valence-corrected chi connectivity index (χ0v) is 14.7. The molecule has 0 spiro atoms. The van der Waals surface area contributed by atoms with Crippen LogP contribution >= 0.6 is 0 Å². The molecule has 1 aliphatic carbocycles. The SMILES string of the molecule is CC(C)NCC1(CN2CCOCC2(C)C)CCCCCC1. The molecule has 2 fully saturated rings. The van der Waals surface area contributed by atoms with Crippen LogP contribution in [0.2, 0.25) is 0 Å². The molecular formula is C18H36N2O. The van der Waals surface area contributed by atoms with Gasteiger partial charge in [0.2, 0.25) is 0 Å². The highest BCUT2D eigenvalue weighted by Gasteiger charge is 2.38. The van der Waals surface area contributed by atoms with Crippen LogP contribution in [0.1, 0.15) is 66.2 Å². The fourth-order valence-electron chi connectivity index (χ4n) is 3.88. The van der Waals surface area contributed by atoms with Crippen LogP contribution in [0, 0.1) is 5.41 Å². The van der Waals surface area contributed by atoms with Gasteiger partial charge in [-0.1, -0.05) is 39.5 Å². The Morgan fingerprint density at radius 3 is 2.33 bits per heavy atom. The third-order valence-corrected chi connectivity index (χ3v) is 5.39. The highest BCUT2D eigenvalue weighted by molar-refractivity contribution is 4.93. The van der Waals surface area contributed by atoms with Gasteiger partial charge >= 0.3 is 0 Å². The summed E-state index contributed by atoms with van der Waals surface area (Å²) < 4.78 is 5.70. The van der Waals surface area contributed by atoms with Crippen LogP contribution in [0.15, 0.2) is 0 Å². The average Bonchev–Trinajstić information content (AvgIpc) is 2.65. The van der Waals surface area contributed by atoms with Crippen molar-refractivity contribution in [1.82, 2.24) is 10.2 Å². The first-order chi connectivity index (χ1) is 9.94. The molecule has 0 aromatic rings. The second-order valence-corrected chi connectivity index (χ2v) is 8.24. The number of nitrogens with zero attached hydrogens (tertiary/aromatic N) is 1. The lowest BCUT2D eigenvalue weighted by molar-refractivity contribution is -0.0703. The third kappa shape index (κ3) is 4.94. The van der Waals surface area contributed by atoms with E-state index < -0.39 is 0 Å². The van der Waals surface area contributed by atoms with Crippen LogP contribution in [-0.4, -0.2) is 49.3 Å². The predicted octanol–water partition coefficient (Wildman–Crippen LogP) is 3.44. The van der Waals surface area contributed by atoms with Crippen molar-refractivity contribution in [2.45, 2.75) is 77.8 Å². The molecule has 1 saturated carbocycles. The normalized spacial score (nSPS) is 26.7. The Morgan fingerprint density at radius 2 is 1.76 bits per heavy atom. The first-order valence-electron chi connectivity index (χ1n) is 9.00. The van der Waals surface area contributed by atoms with Crippen molar-refractivity contribution < 1.29 is 4.74 Å². The van der Waals surface area contributed by atoms with Crippen molar-refractivity contribution in [3.63, 3.8) is 0 Å². The van der Waals surface area contributed by atoms with E-state index >= 15 is 0 Å². The van der Waals surface area contributed by atoms with Gasteiger partial charge in [-0.3, -0.25) is 4.90 Å². The topological polar surface area (TPSA) is 24.5 Å². The molecule has 1 aliphatic heterocycles. The van der Waals surface area contributed by atoms with E-state index in [0.717, 1.165) is 19.8 Å². The van der Waals surface area contributed by atoms with Crippen molar-refractivity contribution in [3.8, 4) is 0 Å². The maximum atomic E-state index is 5.70. The monoisotopic (exact) mass is 296 g/mol. The van der Waals surface area contributed by atoms with Gasteiger partial charge in [0.1, 0.15) is 0 Å². The Bertz CT molecular complexity index is 306. The number of hydrogen-bond acceptors (Lipinski definition) is 3. The maximum absolute atomic E-state index is 5.70. The molecule has 0 bridgehead atoms. The molecule has 2 rings (SSSR count). The van der Waals surface area contributed by atoms with Crippen LogP contribution < -0.4 is 5.32 Å². The minimum Gasteiger partial charge on any atom is -0.378 e. The van der Waals surface area contributed by atoms with Crippen LogP contribution in [0.3, 0.4) is 0 Å². The first-order valence-corrected chi connectivity index (χ1v) is 9.00. The predicted molar refractivity (Wildman–Crippen MR) is 89.7 cm³/mol. The van der Waals surface area contributed by atoms with E-state index in [-0.39, 0.29) is 5.54 Å². The van der Waals surface area contributed by atoms with Crippen LogP contribution in [0.25, 0.3) is 0 Å². The summed E-state index contributed by atoms with van der Waals surface area (Å²) in [6.45, 7) is 14.5. The maximum Gasteiger partial charge on any atom is 0.0645 e. The number of nitrogens with one attached hydrogen (secondary N) is 1. The summed E-state index contributed by atoms with van der Waals surface area (Å²) >= 11 is 0. The van der Waals surface area contributed by atoms with Gasteiger partial charge in [0.15, 0.2) is 0 Å². The van der Waals surface area contributed by atoms with Gasteiger partial charge in [0.25, 0.3) is 0 Å². The lowest BCUT2D eigenvalue weighted by Gasteiger charge is -2.48. The van der Waals surface area contributed by atoms with Crippen molar-refractivity contribution in [3.05, 3.63) is 0 Å². The van der Waals surface area contributed by atoms with Gasteiger partial charge in [0, 0.05) is 31.2 Å². The van der Waals surface area contributed by atoms with Gasteiger partial charge in [-0.25, -0.2) is 0 Å². The molecule has 1 saturated heterocycles. The Morgan fingerprint density at radius 1 is 1.10 bits per heavy atom. The van der Waals surface area contributed by atoms with E-state index in [1.807, 2.05) is 0 Å². The Kier molecular flexibility index (Phi) is 6.10. The molecule has 0 unspecified atom stereocenters. The van der Waals surface area contributed by atoms with Crippen molar-refractivity contribution in [2.24, 2.45) is 5.41 Å². The molecule has 3 nitrogen and oxygen atoms in total. The van der Waals surface area contributed by atoms with Gasteiger partial charge in [0.05, 0.1) is 13.2 Å². The second-order valence-electron chi connectivity index (χ2n) is 8.24. The lowest BCUT2D eigenvalue weighted by Crippen LogP contribution is -2.57. The smallest absolute Gasteiger partial charge is 0.0645 e. The largest absolute Gasteiger partial charge is 0.378 e. The van der Waals surface area contributed by atoms with Crippen LogP contribution in [0.5, 0.6) is 0 Å². The van der Waals surface area contributed by atoms with E-state index in [1.54, 1.807) is 0 Å². The number of morpholine rings is 1. The minimum absolute atomic E-state index is 0.190. The van der Waals surface area contributed by atoms with E-state index in [1.165, 1.54) is 51.6 Å². The lowest BCUT2D eigenvalue weighted by atomic mass is 9.78. The van der Waals surface area contributed by atoms with Crippen molar-refractivity contribution in [2.75, 3.05) is 32.8 Å². The molecule has 0 amide bonds. The highest BCUT2D eigenvalue weighted by Crippen LogP contribution is 2.37. The quantitative estimate of drug-likeness (QED) is 0.787. The zero-order chi connectivity index (χ0) is 15.3. The summed E-state index contributed by atoms with van der Waals surface area (Å²) in [6, 6.07) is 0.586. The summed E-state index contributed by atoms with van der Waals surface area (Å²) in [5.74, 6) is 0. The summed E-state index contributed by atoms with van der Waals surface area (Å²) in [5.41, 5.74) is 0.658. The molecule has 1 heterocycles. The van der Waals surface area contributed by atoms with Gasteiger partial charge in [-0.05, 0) is 32.1 Å². The fraction of sp³-hybridized carbons (Fsp3) is 1.00. The molecular weight excluding hydrogens is 260 g/mol. The molecule has 0 aromatic heterocycles. The zero-order valence-electron chi connectivity index (χ0n) is 14.7. The molecule has 1 N–H and O–H groups in total. The van der Waals surface area contributed by atoms with E-state index in [0.29, 0.717) is 11.5 Å². The minimum atomic E-state index is 0.190. The molecule has 3 heteroatoms. The number of ether oxygens (including phenoxy) is 1. The number of rotatable bonds is 5. The third-order valence-electron chi connectivity index (χ3n) is 5.39. The van der Waals surface area contributed by atoms with Crippen LogP contribution in [0.4, 0.5) is 0 Å². The first kappa shape index (κ1) is 17.2. The van der Waals surface area contributed by atoms with E-state index in [4.69, 9.17) is 4.74 Å². The summed E-state index contributed by atoms with van der Waals surface area (Å²) in [6.07, 6.45) is 8.45. The van der Waals surface area contributed by atoms with Gasteiger partial charge in [-0.15, -0.1) is 0 Å². The Balaban J connectivity index is 2.06. The molecule has 0 atom stereocenters. The molecule has 0 aromatic carbocycles. The molecule has 124 valence electrons. The van der Waals surface area contributed by atoms with Gasteiger partial charge in [-0.2, -0.15) is 0 Å². The van der Waals surface area contributed by atoms with Gasteiger partial charge < -0.3 is 10.1 Å². The number of hydrogen-bond donors (Lipinski definition) is 1. The van der Waals surface area contributed by atoms with Crippen LogP contribution in [-0.2, 0) is 4.74 Å². The standard InChI is InChI=1S/C18H36N2O/c1-16(2)19-13-18(9-7-5-6-8-10-18)14-20-11-12-21-15-17(20,3)4/h16,19H,5-15H2,1-4H3. The van der Waals surface area contributed by atoms with Crippen molar-refractivity contribution >= 4 is 0 Å². The van der Waals surface area contributed by atoms with Crippen molar-refractivity contribution in [1.29, 1.82) is 0 Å². The molecule has 0 radical (unpaired) electrons. The van der Waals surface area contributed by atoms with E-state index in [9.17, 15) is 0 Å². The summed E-state index contributed by atoms with van der Waals surface area (Å²) in [5, 5.41) is 3.74.